The average molecular weight is 140 g/mol. The number of aromatic nitrogens is 3. The van der Waals surface area contributed by atoms with Crippen molar-refractivity contribution in [2.24, 2.45) is 0 Å². The molecule has 1 rings (SSSR count). The van der Waals surface area contributed by atoms with Crippen LogP contribution in [0.25, 0.3) is 0 Å². The standard InChI is InChI=1S/C3H2ClN3.Na.H/c4-3-1-2-5-7-6-3;;/h1-2H;;/q;+1;-1. The maximum atomic E-state index is 5.33. The van der Waals surface area contributed by atoms with Gasteiger partial charge in [0.15, 0.2) is 5.15 Å². The molecule has 0 bridgehead atoms. The Morgan fingerprint density at radius 3 is 2.62 bits per heavy atom. The second kappa shape index (κ2) is 4.21. The van der Waals surface area contributed by atoms with Crippen molar-refractivity contribution < 1.29 is 31.0 Å². The molecule has 3 nitrogen and oxygen atoms in total. The molecule has 0 unspecified atom stereocenters. The summed E-state index contributed by atoms with van der Waals surface area (Å²) in [5.41, 5.74) is 0. The maximum absolute atomic E-state index is 5.33. The van der Waals surface area contributed by atoms with Gasteiger partial charge in [0.05, 0.1) is 6.20 Å². The van der Waals surface area contributed by atoms with Crippen LogP contribution in [0.15, 0.2) is 12.3 Å². The molecule has 0 N–H and O–H groups in total. The van der Waals surface area contributed by atoms with Gasteiger partial charge in [-0.25, -0.2) is 0 Å². The molecule has 1 aromatic heterocycles. The molecule has 0 aliphatic rings. The molecule has 1 heterocycles. The third-order valence-corrected chi connectivity index (χ3v) is 0.672. The molecular weight excluding hydrogens is 136 g/mol. The van der Waals surface area contributed by atoms with Crippen LogP contribution in [0.5, 0.6) is 0 Å². The predicted octanol–water partition coefficient (Wildman–Crippen LogP) is -2.36. The van der Waals surface area contributed by atoms with Gasteiger partial charge in [-0.15, -0.1) is 10.2 Å². The van der Waals surface area contributed by atoms with Crippen LogP contribution < -0.4 is 29.6 Å². The van der Waals surface area contributed by atoms with Gasteiger partial charge < -0.3 is 1.43 Å². The van der Waals surface area contributed by atoms with Crippen LogP contribution in [-0.4, -0.2) is 15.4 Å². The van der Waals surface area contributed by atoms with Crippen LogP contribution >= 0.6 is 11.6 Å². The molecule has 0 spiro atoms. The van der Waals surface area contributed by atoms with Crippen LogP contribution in [0.1, 0.15) is 1.43 Å². The molecule has 0 saturated carbocycles. The van der Waals surface area contributed by atoms with Gasteiger partial charge in [0.25, 0.3) is 0 Å². The van der Waals surface area contributed by atoms with Gasteiger partial charge in [0, 0.05) is 0 Å². The summed E-state index contributed by atoms with van der Waals surface area (Å²) >= 11 is 5.33. The Kier molecular flexibility index (Phi) is 4.36. The minimum atomic E-state index is 0. The number of hydrogen-bond acceptors (Lipinski definition) is 3. The molecular formula is C3H3ClN3Na. The van der Waals surface area contributed by atoms with E-state index < -0.39 is 0 Å². The molecule has 0 atom stereocenters. The molecule has 8 heavy (non-hydrogen) atoms. The number of hydrogen-bond donors (Lipinski definition) is 0. The summed E-state index contributed by atoms with van der Waals surface area (Å²) in [6, 6.07) is 1.56. The first-order chi connectivity index (χ1) is 3.39. The van der Waals surface area contributed by atoms with Gasteiger partial charge in [-0.3, -0.25) is 0 Å². The summed E-state index contributed by atoms with van der Waals surface area (Å²) < 4.78 is 0. The van der Waals surface area contributed by atoms with E-state index in [2.05, 4.69) is 15.4 Å². The number of halogens is 1. The van der Waals surface area contributed by atoms with Crippen LogP contribution in [0, 0.1) is 0 Å². The molecule has 0 aliphatic carbocycles. The van der Waals surface area contributed by atoms with E-state index in [1.54, 1.807) is 6.07 Å². The van der Waals surface area contributed by atoms with Crippen molar-refractivity contribution in [2.75, 3.05) is 0 Å². The van der Waals surface area contributed by atoms with Crippen molar-refractivity contribution in [3.8, 4) is 0 Å². The molecule has 38 valence electrons. The minimum absolute atomic E-state index is 0. The summed E-state index contributed by atoms with van der Waals surface area (Å²) in [6.07, 6.45) is 1.48. The summed E-state index contributed by atoms with van der Waals surface area (Å²) in [4.78, 5) is 0. The zero-order valence-corrected chi connectivity index (χ0v) is 7.13. The van der Waals surface area contributed by atoms with Gasteiger partial charge in [-0.05, 0) is 11.3 Å². The third kappa shape index (κ3) is 2.57. The van der Waals surface area contributed by atoms with Crippen molar-refractivity contribution in [3.05, 3.63) is 17.4 Å². The topological polar surface area (TPSA) is 38.7 Å². The van der Waals surface area contributed by atoms with E-state index in [0.717, 1.165) is 0 Å². The molecule has 0 fully saturated rings. The Bertz CT molecular complexity index is 149. The fourth-order valence-corrected chi connectivity index (χ4v) is 0.317. The Morgan fingerprint density at radius 2 is 2.38 bits per heavy atom. The molecule has 0 radical (unpaired) electrons. The first-order valence-electron chi connectivity index (χ1n) is 1.69. The van der Waals surface area contributed by atoms with E-state index >= 15 is 0 Å². The van der Waals surface area contributed by atoms with Crippen molar-refractivity contribution >= 4 is 11.6 Å². The fraction of sp³-hybridized carbons (Fsp3) is 0. The first-order valence-corrected chi connectivity index (χ1v) is 2.07. The number of nitrogens with zero attached hydrogens (tertiary/aromatic N) is 3. The van der Waals surface area contributed by atoms with Crippen molar-refractivity contribution in [3.63, 3.8) is 0 Å². The monoisotopic (exact) mass is 139 g/mol. The summed E-state index contributed by atoms with van der Waals surface area (Å²) in [5, 5.41) is 10.4. The second-order valence-electron chi connectivity index (χ2n) is 0.943. The molecule has 0 amide bonds. The Morgan fingerprint density at radius 1 is 1.62 bits per heavy atom. The van der Waals surface area contributed by atoms with Gasteiger partial charge in [0.2, 0.25) is 0 Å². The smallest absolute Gasteiger partial charge is 1.00 e. The predicted molar refractivity (Wildman–Crippen MR) is 25.9 cm³/mol. The Hall–Kier alpha value is 0.300. The first kappa shape index (κ1) is 8.30. The van der Waals surface area contributed by atoms with Crippen LogP contribution in [0.2, 0.25) is 5.15 Å². The van der Waals surface area contributed by atoms with Gasteiger partial charge in [-0.2, -0.15) is 0 Å². The van der Waals surface area contributed by atoms with E-state index in [4.69, 9.17) is 11.6 Å². The summed E-state index contributed by atoms with van der Waals surface area (Å²) in [6.45, 7) is 0. The van der Waals surface area contributed by atoms with Crippen LogP contribution in [-0.2, 0) is 0 Å². The van der Waals surface area contributed by atoms with Crippen LogP contribution in [0.3, 0.4) is 0 Å². The summed E-state index contributed by atoms with van der Waals surface area (Å²) in [5.74, 6) is 0. The largest absolute Gasteiger partial charge is 1.00 e. The van der Waals surface area contributed by atoms with E-state index in [9.17, 15) is 0 Å². The van der Waals surface area contributed by atoms with Gasteiger partial charge in [0.1, 0.15) is 0 Å². The zero-order chi connectivity index (χ0) is 5.11. The maximum Gasteiger partial charge on any atom is 1.00 e. The number of rotatable bonds is 0. The Labute approximate surface area is 75.2 Å². The SMILES string of the molecule is Clc1ccnnn1.[H-].[Na+]. The fourth-order valence-electron chi connectivity index (χ4n) is 0.227. The van der Waals surface area contributed by atoms with Crippen molar-refractivity contribution in [1.82, 2.24) is 15.4 Å². The van der Waals surface area contributed by atoms with E-state index in [1.807, 2.05) is 0 Å². The van der Waals surface area contributed by atoms with E-state index in [1.165, 1.54) is 6.20 Å². The quantitative estimate of drug-likeness (QED) is 0.378. The van der Waals surface area contributed by atoms with Crippen LogP contribution in [0.4, 0.5) is 0 Å². The second-order valence-corrected chi connectivity index (χ2v) is 1.33. The Balaban J connectivity index is 0. The minimum Gasteiger partial charge on any atom is -1.00 e. The molecule has 0 saturated heterocycles. The molecule has 5 heteroatoms. The third-order valence-electron chi connectivity index (χ3n) is 0.471. The summed E-state index contributed by atoms with van der Waals surface area (Å²) in [7, 11) is 0. The van der Waals surface area contributed by atoms with Crippen molar-refractivity contribution in [2.45, 2.75) is 0 Å². The van der Waals surface area contributed by atoms with Gasteiger partial charge >= 0.3 is 29.6 Å². The van der Waals surface area contributed by atoms with Crippen molar-refractivity contribution in [1.29, 1.82) is 0 Å². The van der Waals surface area contributed by atoms with E-state index in [0.29, 0.717) is 5.15 Å². The zero-order valence-electron chi connectivity index (χ0n) is 5.37. The van der Waals surface area contributed by atoms with Gasteiger partial charge in [-0.1, -0.05) is 11.6 Å². The molecule has 1 aromatic rings. The molecule has 0 aromatic carbocycles. The average Bonchev–Trinajstić information content (AvgIpc) is 1.69. The normalized spacial score (nSPS) is 7.62. The van der Waals surface area contributed by atoms with E-state index in [-0.39, 0.29) is 31.0 Å². The molecule has 0 aliphatic heterocycles.